The zero-order valence-corrected chi connectivity index (χ0v) is 23.8. The molecule has 40 heavy (non-hydrogen) atoms. The van der Waals surface area contributed by atoms with Crippen molar-refractivity contribution in [2.75, 3.05) is 87.9 Å². The Kier molecular flexibility index (Phi) is 9.30. The van der Waals surface area contributed by atoms with Gasteiger partial charge in [-0.1, -0.05) is 6.07 Å². The molecule has 0 amide bonds. The van der Waals surface area contributed by atoms with Crippen LogP contribution in [0, 0.1) is 0 Å². The third-order valence-electron chi connectivity index (χ3n) is 7.96. The predicted molar refractivity (Wildman–Crippen MR) is 154 cm³/mol. The summed E-state index contributed by atoms with van der Waals surface area (Å²) in [6, 6.07) is 6.09. The lowest BCUT2D eigenvalue weighted by atomic mass is 10.1. The zero-order valence-electron chi connectivity index (χ0n) is 23.8. The average Bonchev–Trinajstić information content (AvgIpc) is 3.71. The van der Waals surface area contributed by atoms with E-state index in [1.165, 1.54) is 25.7 Å². The first-order valence-corrected chi connectivity index (χ1v) is 14.5. The Bertz CT molecular complexity index is 1110. The number of methoxy groups -OCH3 is 2. The summed E-state index contributed by atoms with van der Waals surface area (Å²) in [5.41, 5.74) is 0.996. The molecule has 4 heterocycles. The van der Waals surface area contributed by atoms with Gasteiger partial charge in [0, 0.05) is 77.0 Å². The van der Waals surface area contributed by atoms with Crippen molar-refractivity contribution in [2.45, 2.75) is 45.1 Å². The number of carboxylic acid groups (broad SMARTS) is 1. The number of ether oxygens (including phenoxy) is 3. The molecule has 3 aliphatic heterocycles. The quantitative estimate of drug-likeness (QED) is 0.391. The van der Waals surface area contributed by atoms with Gasteiger partial charge < -0.3 is 34.0 Å². The van der Waals surface area contributed by atoms with Gasteiger partial charge in [-0.15, -0.1) is 0 Å². The van der Waals surface area contributed by atoms with E-state index in [9.17, 15) is 4.79 Å². The topological polar surface area (TPSA) is 104 Å². The minimum atomic E-state index is -0.830. The molecule has 1 aromatic heterocycles. The molecule has 0 radical (unpaired) electrons. The van der Waals surface area contributed by atoms with Gasteiger partial charge in [0.2, 0.25) is 11.7 Å². The van der Waals surface area contributed by atoms with Gasteiger partial charge in [-0.3, -0.25) is 9.69 Å². The van der Waals surface area contributed by atoms with Crippen LogP contribution in [0.1, 0.15) is 44.1 Å². The highest BCUT2D eigenvalue weighted by Gasteiger charge is 2.26. The SMILES string of the molecule is COc1ccc(CN2CCN(c3cc(N4CCCC4)nc(N4CCCC4)n3)CC2)c(OCCCC(=O)O)c1OC. The first-order chi connectivity index (χ1) is 19.6. The van der Waals surface area contributed by atoms with Gasteiger partial charge in [0.05, 0.1) is 20.8 Å². The number of nitrogens with zero attached hydrogens (tertiary/aromatic N) is 6. The van der Waals surface area contributed by atoms with Crippen molar-refractivity contribution in [3.8, 4) is 17.2 Å². The Labute approximate surface area is 236 Å². The third kappa shape index (κ3) is 6.63. The fraction of sp³-hybridized carbons (Fsp3) is 0.621. The Hall–Kier alpha value is -3.47. The lowest BCUT2D eigenvalue weighted by Gasteiger charge is -2.36. The number of benzene rings is 1. The maximum atomic E-state index is 10.9. The van der Waals surface area contributed by atoms with E-state index in [-0.39, 0.29) is 6.42 Å². The zero-order chi connectivity index (χ0) is 27.9. The van der Waals surface area contributed by atoms with Crippen molar-refractivity contribution in [1.29, 1.82) is 0 Å². The fourth-order valence-electron chi connectivity index (χ4n) is 5.73. The molecule has 218 valence electrons. The van der Waals surface area contributed by atoms with Crippen molar-refractivity contribution < 1.29 is 24.1 Å². The molecule has 0 spiro atoms. The van der Waals surface area contributed by atoms with Gasteiger partial charge in [-0.05, 0) is 38.2 Å². The molecule has 0 saturated carbocycles. The Balaban J connectivity index is 1.27. The number of aliphatic carboxylic acids is 1. The standard InChI is InChI=1S/C29H42N6O5/c1-38-23-10-9-22(27(28(23)39-2)40-19-7-8-26(36)37)21-32-15-17-34(18-16-32)25-20-24(33-11-3-4-12-33)30-29(31-25)35-13-5-6-14-35/h9-10,20H,3-8,11-19,21H2,1-2H3,(H,36,37). The predicted octanol–water partition coefficient (Wildman–Crippen LogP) is 3.26. The van der Waals surface area contributed by atoms with Crippen LogP contribution in [-0.4, -0.2) is 99.1 Å². The van der Waals surface area contributed by atoms with E-state index in [0.29, 0.717) is 36.8 Å². The van der Waals surface area contributed by atoms with Gasteiger partial charge in [-0.2, -0.15) is 9.97 Å². The van der Waals surface area contributed by atoms with E-state index in [4.69, 9.17) is 29.3 Å². The maximum absolute atomic E-state index is 10.9. The second-order valence-electron chi connectivity index (χ2n) is 10.7. The van der Waals surface area contributed by atoms with Crippen molar-refractivity contribution in [1.82, 2.24) is 14.9 Å². The van der Waals surface area contributed by atoms with Crippen LogP contribution in [0.25, 0.3) is 0 Å². The Morgan fingerprint density at radius 2 is 1.45 bits per heavy atom. The van der Waals surface area contributed by atoms with E-state index >= 15 is 0 Å². The first kappa shape index (κ1) is 28.1. The average molecular weight is 555 g/mol. The molecule has 0 bridgehead atoms. The summed E-state index contributed by atoms with van der Waals surface area (Å²) in [6.07, 6.45) is 5.33. The van der Waals surface area contributed by atoms with Crippen molar-refractivity contribution in [2.24, 2.45) is 0 Å². The molecule has 1 aromatic carbocycles. The number of carbonyl (C=O) groups is 1. The molecule has 0 aliphatic carbocycles. The van der Waals surface area contributed by atoms with Crippen molar-refractivity contribution in [3.05, 3.63) is 23.8 Å². The molecule has 11 nitrogen and oxygen atoms in total. The monoisotopic (exact) mass is 554 g/mol. The van der Waals surface area contributed by atoms with E-state index in [0.717, 1.165) is 75.5 Å². The number of piperazine rings is 1. The molecule has 0 atom stereocenters. The van der Waals surface area contributed by atoms with Gasteiger partial charge in [0.25, 0.3) is 0 Å². The Morgan fingerprint density at radius 3 is 2.05 bits per heavy atom. The van der Waals surface area contributed by atoms with Crippen LogP contribution in [0.5, 0.6) is 17.2 Å². The molecule has 3 fully saturated rings. The largest absolute Gasteiger partial charge is 0.493 e. The van der Waals surface area contributed by atoms with Crippen LogP contribution in [0.4, 0.5) is 17.6 Å². The number of aromatic nitrogens is 2. The van der Waals surface area contributed by atoms with Gasteiger partial charge in [0.15, 0.2) is 11.5 Å². The van der Waals surface area contributed by atoms with Crippen LogP contribution in [0.2, 0.25) is 0 Å². The van der Waals surface area contributed by atoms with Gasteiger partial charge in [-0.25, -0.2) is 0 Å². The molecular formula is C29H42N6O5. The number of hydrogen-bond donors (Lipinski definition) is 1. The molecular weight excluding hydrogens is 512 g/mol. The lowest BCUT2D eigenvalue weighted by molar-refractivity contribution is -0.137. The molecule has 11 heteroatoms. The van der Waals surface area contributed by atoms with E-state index < -0.39 is 5.97 Å². The number of hydrogen-bond acceptors (Lipinski definition) is 10. The van der Waals surface area contributed by atoms with Gasteiger partial charge in [0.1, 0.15) is 11.6 Å². The minimum Gasteiger partial charge on any atom is -0.493 e. The maximum Gasteiger partial charge on any atom is 0.303 e. The molecule has 3 aliphatic rings. The van der Waals surface area contributed by atoms with Crippen LogP contribution in [0.15, 0.2) is 18.2 Å². The van der Waals surface area contributed by atoms with Crippen LogP contribution in [0.3, 0.4) is 0 Å². The van der Waals surface area contributed by atoms with E-state index in [2.05, 4.69) is 25.7 Å². The second-order valence-corrected chi connectivity index (χ2v) is 10.7. The number of rotatable bonds is 12. The summed E-state index contributed by atoms with van der Waals surface area (Å²) in [6.45, 7) is 8.70. The van der Waals surface area contributed by atoms with E-state index in [1.54, 1.807) is 14.2 Å². The summed E-state index contributed by atoms with van der Waals surface area (Å²) < 4.78 is 17.2. The Morgan fingerprint density at radius 1 is 0.825 bits per heavy atom. The smallest absolute Gasteiger partial charge is 0.303 e. The lowest BCUT2D eigenvalue weighted by Crippen LogP contribution is -2.46. The van der Waals surface area contributed by atoms with Crippen LogP contribution < -0.4 is 28.9 Å². The molecule has 0 unspecified atom stereocenters. The van der Waals surface area contributed by atoms with Gasteiger partial charge >= 0.3 is 5.97 Å². The highest BCUT2D eigenvalue weighted by Crippen LogP contribution is 2.41. The summed E-state index contributed by atoms with van der Waals surface area (Å²) in [4.78, 5) is 30.5. The second kappa shape index (κ2) is 13.3. The number of carboxylic acids is 1. The highest BCUT2D eigenvalue weighted by molar-refractivity contribution is 5.66. The highest BCUT2D eigenvalue weighted by atomic mass is 16.5. The molecule has 3 saturated heterocycles. The third-order valence-corrected chi connectivity index (χ3v) is 7.96. The summed E-state index contributed by atoms with van der Waals surface area (Å²) in [5, 5.41) is 8.99. The van der Waals surface area contributed by atoms with Crippen molar-refractivity contribution >= 4 is 23.6 Å². The normalized spacial score (nSPS) is 17.9. The van der Waals surface area contributed by atoms with Crippen LogP contribution in [-0.2, 0) is 11.3 Å². The summed E-state index contributed by atoms with van der Waals surface area (Å²) in [5.74, 6) is 3.87. The number of anilines is 3. The minimum absolute atomic E-state index is 0.0611. The molecule has 5 rings (SSSR count). The molecule has 1 N–H and O–H groups in total. The summed E-state index contributed by atoms with van der Waals surface area (Å²) in [7, 11) is 3.20. The first-order valence-electron chi connectivity index (χ1n) is 14.5. The molecule has 2 aromatic rings. The van der Waals surface area contributed by atoms with Crippen LogP contribution >= 0.6 is 0 Å². The summed E-state index contributed by atoms with van der Waals surface area (Å²) >= 11 is 0. The van der Waals surface area contributed by atoms with E-state index in [1.807, 2.05) is 12.1 Å². The fourth-order valence-corrected chi connectivity index (χ4v) is 5.73. The van der Waals surface area contributed by atoms with Crippen molar-refractivity contribution in [3.63, 3.8) is 0 Å².